The molecule has 1 aliphatic rings. The van der Waals surface area contributed by atoms with E-state index in [1.54, 1.807) is 4.90 Å². The first-order valence-corrected chi connectivity index (χ1v) is 8.37. The van der Waals surface area contributed by atoms with Crippen molar-refractivity contribution in [2.75, 3.05) is 18.0 Å². The summed E-state index contributed by atoms with van der Waals surface area (Å²) in [4.78, 5) is 28.3. The van der Waals surface area contributed by atoms with Gasteiger partial charge in [0, 0.05) is 23.8 Å². The van der Waals surface area contributed by atoms with Crippen molar-refractivity contribution in [1.82, 2.24) is 4.90 Å². The average molecular weight is 361 g/mol. The Hall–Kier alpha value is -2.40. The molecule has 0 aliphatic carbocycles. The van der Waals surface area contributed by atoms with E-state index in [1.807, 2.05) is 38.1 Å². The van der Waals surface area contributed by atoms with E-state index in [0.717, 1.165) is 17.3 Å². The molecule has 3 rings (SSSR count). The minimum atomic E-state index is -0.648. The van der Waals surface area contributed by atoms with Gasteiger partial charge >= 0.3 is 0 Å². The number of anilines is 1. The summed E-state index contributed by atoms with van der Waals surface area (Å²) in [5.74, 6) is -1.19. The quantitative estimate of drug-likeness (QED) is 0.820. The van der Waals surface area contributed by atoms with Gasteiger partial charge in [0.1, 0.15) is 12.4 Å². The Kier molecular flexibility index (Phi) is 4.77. The van der Waals surface area contributed by atoms with Crippen LogP contribution < -0.4 is 4.90 Å². The standard InChI is InChI=1S/C19H18ClFN2O2/c1-12-3-6-15(7-4-12)23-10-13(2)22(11-18(23)24)19(25)14-5-8-16(20)17(21)9-14/h3-9,13H,10-11H2,1-2H3/t13-/m1/s1. The van der Waals surface area contributed by atoms with E-state index in [1.165, 1.54) is 17.0 Å². The summed E-state index contributed by atoms with van der Waals surface area (Å²) in [6.45, 7) is 4.20. The van der Waals surface area contributed by atoms with Gasteiger partial charge in [-0.15, -0.1) is 0 Å². The molecule has 2 aromatic carbocycles. The van der Waals surface area contributed by atoms with Crippen molar-refractivity contribution in [2.45, 2.75) is 19.9 Å². The first-order valence-electron chi connectivity index (χ1n) is 8.00. The Morgan fingerprint density at radius 1 is 1.20 bits per heavy atom. The summed E-state index contributed by atoms with van der Waals surface area (Å²) in [5.41, 5.74) is 2.11. The van der Waals surface area contributed by atoms with Gasteiger partial charge in [0.2, 0.25) is 5.91 Å². The number of halogens is 2. The largest absolute Gasteiger partial charge is 0.325 e. The Bertz CT molecular complexity index is 823. The van der Waals surface area contributed by atoms with Gasteiger partial charge in [0.15, 0.2) is 0 Å². The van der Waals surface area contributed by atoms with Crippen LogP contribution in [0.4, 0.5) is 10.1 Å². The SMILES string of the molecule is Cc1ccc(N2C[C@@H](C)N(C(=O)c3ccc(Cl)c(F)c3)CC2=O)cc1. The number of hydrogen-bond donors (Lipinski definition) is 0. The van der Waals surface area contributed by atoms with E-state index in [2.05, 4.69) is 0 Å². The number of carbonyl (C=O) groups excluding carboxylic acids is 2. The highest BCUT2D eigenvalue weighted by atomic mass is 35.5. The van der Waals surface area contributed by atoms with Crippen LogP contribution in [-0.2, 0) is 4.79 Å². The molecule has 130 valence electrons. The molecular formula is C19H18ClFN2O2. The van der Waals surface area contributed by atoms with E-state index in [4.69, 9.17) is 11.6 Å². The summed E-state index contributed by atoms with van der Waals surface area (Å²) in [6.07, 6.45) is 0. The number of nitrogens with zero attached hydrogens (tertiary/aromatic N) is 2. The third kappa shape index (κ3) is 3.51. The fourth-order valence-electron chi connectivity index (χ4n) is 2.89. The van der Waals surface area contributed by atoms with Crippen LogP contribution in [0.25, 0.3) is 0 Å². The fraction of sp³-hybridized carbons (Fsp3) is 0.263. The van der Waals surface area contributed by atoms with Crippen molar-refractivity contribution in [3.63, 3.8) is 0 Å². The third-order valence-electron chi connectivity index (χ3n) is 4.36. The number of piperazine rings is 1. The molecule has 0 bridgehead atoms. The number of hydrogen-bond acceptors (Lipinski definition) is 2. The summed E-state index contributed by atoms with van der Waals surface area (Å²) in [6, 6.07) is 11.4. The van der Waals surface area contributed by atoms with Crippen LogP contribution in [0.5, 0.6) is 0 Å². The van der Waals surface area contributed by atoms with E-state index in [0.29, 0.717) is 6.54 Å². The lowest BCUT2D eigenvalue weighted by molar-refractivity contribution is -0.121. The third-order valence-corrected chi connectivity index (χ3v) is 4.67. The molecule has 0 saturated carbocycles. The maximum absolute atomic E-state index is 13.6. The van der Waals surface area contributed by atoms with Gasteiger partial charge in [-0.05, 0) is 44.2 Å². The van der Waals surface area contributed by atoms with Crippen molar-refractivity contribution in [3.8, 4) is 0 Å². The minimum absolute atomic E-state index is 0.0372. The molecule has 0 radical (unpaired) electrons. The fourth-order valence-corrected chi connectivity index (χ4v) is 3.01. The van der Waals surface area contributed by atoms with Gasteiger partial charge in [0.25, 0.3) is 5.91 Å². The van der Waals surface area contributed by atoms with Crippen LogP contribution in [0, 0.1) is 12.7 Å². The monoisotopic (exact) mass is 360 g/mol. The van der Waals surface area contributed by atoms with Crippen molar-refractivity contribution in [3.05, 3.63) is 64.4 Å². The van der Waals surface area contributed by atoms with Crippen molar-refractivity contribution < 1.29 is 14.0 Å². The van der Waals surface area contributed by atoms with Gasteiger partial charge in [0.05, 0.1) is 5.02 Å². The lowest BCUT2D eigenvalue weighted by Crippen LogP contribution is -2.57. The van der Waals surface area contributed by atoms with Crippen LogP contribution in [0.1, 0.15) is 22.8 Å². The molecule has 0 N–H and O–H groups in total. The summed E-state index contributed by atoms with van der Waals surface area (Å²) >= 11 is 5.66. The van der Waals surface area contributed by atoms with Crippen LogP contribution in [0.2, 0.25) is 5.02 Å². The average Bonchev–Trinajstić information content (AvgIpc) is 2.59. The Balaban J connectivity index is 1.79. The molecule has 6 heteroatoms. The molecule has 2 aromatic rings. The van der Waals surface area contributed by atoms with E-state index in [-0.39, 0.29) is 35.0 Å². The van der Waals surface area contributed by atoms with Crippen LogP contribution in [-0.4, -0.2) is 35.8 Å². The molecule has 0 unspecified atom stereocenters. The summed E-state index contributed by atoms with van der Waals surface area (Å²) < 4.78 is 13.6. The molecule has 1 atom stereocenters. The number of amides is 2. The van der Waals surface area contributed by atoms with Crippen molar-refractivity contribution in [1.29, 1.82) is 0 Å². The molecule has 1 saturated heterocycles. The van der Waals surface area contributed by atoms with Gasteiger partial charge in [-0.2, -0.15) is 0 Å². The molecule has 1 fully saturated rings. The predicted molar refractivity (Wildman–Crippen MR) is 95.4 cm³/mol. The van der Waals surface area contributed by atoms with Gasteiger partial charge in [-0.3, -0.25) is 9.59 Å². The summed E-state index contributed by atoms with van der Waals surface area (Å²) in [7, 11) is 0. The first kappa shape index (κ1) is 17.4. The van der Waals surface area contributed by atoms with Gasteiger partial charge < -0.3 is 9.80 Å². The maximum Gasteiger partial charge on any atom is 0.254 e. The topological polar surface area (TPSA) is 40.6 Å². The number of aryl methyl sites for hydroxylation is 1. The normalized spacial score (nSPS) is 17.8. The zero-order valence-corrected chi connectivity index (χ0v) is 14.8. The molecule has 0 spiro atoms. The molecule has 1 aliphatic heterocycles. The smallest absolute Gasteiger partial charge is 0.254 e. The minimum Gasteiger partial charge on any atom is -0.325 e. The van der Waals surface area contributed by atoms with Crippen LogP contribution in [0.3, 0.4) is 0 Å². The van der Waals surface area contributed by atoms with Gasteiger partial charge in [-0.25, -0.2) is 4.39 Å². The predicted octanol–water partition coefficient (Wildman–Crippen LogP) is 3.67. The van der Waals surface area contributed by atoms with E-state index >= 15 is 0 Å². The lowest BCUT2D eigenvalue weighted by atomic mass is 10.1. The zero-order chi connectivity index (χ0) is 18.1. The highest BCUT2D eigenvalue weighted by Gasteiger charge is 2.33. The van der Waals surface area contributed by atoms with Crippen LogP contribution >= 0.6 is 11.6 Å². The Morgan fingerprint density at radius 3 is 2.52 bits per heavy atom. The highest BCUT2D eigenvalue weighted by molar-refractivity contribution is 6.30. The lowest BCUT2D eigenvalue weighted by Gasteiger charge is -2.39. The number of carbonyl (C=O) groups is 2. The molecule has 25 heavy (non-hydrogen) atoms. The van der Waals surface area contributed by atoms with E-state index < -0.39 is 5.82 Å². The second-order valence-electron chi connectivity index (χ2n) is 6.25. The molecule has 0 aromatic heterocycles. The van der Waals surface area contributed by atoms with Crippen molar-refractivity contribution in [2.24, 2.45) is 0 Å². The van der Waals surface area contributed by atoms with Crippen LogP contribution in [0.15, 0.2) is 42.5 Å². The number of benzene rings is 2. The second kappa shape index (κ2) is 6.84. The van der Waals surface area contributed by atoms with Crippen molar-refractivity contribution >= 4 is 29.1 Å². The van der Waals surface area contributed by atoms with Gasteiger partial charge in [-0.1, -0.05) is 29.3 Å². The Morgan fingerprint density at radius 2 is 1.88 bits per heavy atom. The maximum atomic E-state index is 13.6. The molecule has 1 heterocycles. The molecular weight excluding hydrogens is 343 g/mol. The second-order valence-corrected chi connectivity index (χ2v) is 6.66. The molecule has 2 amide bonds. The number of rotatable bonds is 2. The molecule has 4 nitrogen and oxygen atoms in total. The zero-order valence-electron chi connectivity index (χ0n) is 14.0. The summed E-state index contributed by atoms with van der Waals surface area (Å²) in [5, 5.41) is -0.0372. The highest BCUT2D eigenvalue weighted by Crippen LogP contribution is 2.23. The first-order chi connectivity index (χ1) is 11.9. The van der Waals surface area contributed by atoms with E-state index in [9.17, 15) is 14.0 Å². The Labute approximate surface area is 150 Å².